The number of sulfonamides is 1. The minimum absolute atomic E-state index is 0.0939. The number of aliphatic hydroxyl groups excluding tert-OH is 1. The molecule has 0 saturated heterocycles. The van der Waals surface area contributed by atoms with Crippen molar-refractivity contribution < 1.29 is 23.1 Å². The molecule has 1 unspecified atom stereocenters. The van der Waals surface area contributed by atoms with Crippen molar-refractivity contribution in [3.05, 3.63) is 59.7 Å². The lowest BCUT2D eigenvalue weighted by atomic mass is 9.99. The average Bonchev–Trinajstić information content (AvgIpc) is 2.91. The number of carbonyl (C=O) groups excluding carboxylic acids is 1. The summed E-state index contributed by atoms with van der Waals surface area (Å²) in [6, 6.07) is 13.8. The van der Waals surface area contributed by atoms with Gasteiger partial charge in [0, 0.05) is 25.1 Å². The van der Waals surface area contributed by atoms with Gasteiger partial charge in [0.05, 0.1) is 11.7 Å². The number of unbranched alkanes of at least 4 members (excludes halogenated alkanes) is 1. The molecular weight excluding hydrogens is 392 g/mol. The van der Waals surface area contributed by atoms with E-state index in [1.807, 2.05) is 24.3 Å². The zero-order valence-electron chi connectivity index (χ0n) is 16.0. The number of nitrogens with zero attached hydrogens (tertiary/aromatic N) is 1. The molecule has 0 aromatic heterocycles. The highest BCUT2D eigenvalue weighted by Crippen LogP contribution is 2.34. The number of aliphatic hydroxyl groups is 1. The molecule has 7 nitrogen and oxygen atoms in total. The summed E-state index contributed by atoms with van der Waals surface area (Å²) in [7, 11) is -3.72. The molecule has 2 N–H and O–H groups in total. The van der Waals surface area contributed by atoms with Crippen LogP contribution in [0.2, 0.25) is 0 Å². The van der Waals surface area contributed by atoms with E-state index in [1.54, 1.807) is 18.2 Å². The second kappa shape index (κ2) is 8.14. The molecule has 2 aliphatic heterocycles. The summed E-state index contributed by atoms with van der Waals surface area (Å²) < 4.78 is 31.9. The number of hydrogen-bond donors (Lipinski definition) is 2. The predicted octanol–water partition coefficient (Wildman–Crippen LogP) is 2.09. The maximum absolute atomic E-state index is 12.5. The molecule has 0 saturated carbocycles. The standard InChI is InChI=1S/C21H24N2O5S/c24-18-13-15(28-19-9-3-1-7-16(18)19)14-22-11-5-6-12-23-21(25)17-8-2-4-10-20(17)29(23,26)27/h1-4,7-10,15,18,22,24H,5-6,11-14H2/t15-,18?/m1/s1. The zero-order valence-corrected chi connectivity index (χ0v) is 16.8. The Kier molecular flexibility index (Phi) is 5.58. The van der Waals surface area contributed by atoms with Gasteiger partial charge in [0.1, 0.15) is 16.7 Å². The Morgan fingerprint density at radius 3 is 2.69 bits per heavy atom. The van der Waals surface area contributed by atoms with Crippen LogP contribution in [0.5, 0.6) is 5.75 Å². The smallest absolute Gasteiger partial charge is 0.269 e. The molecule has 0 radical (unpaired) electrons. The Hall–Kier alpha value is -2.42. The lowest BCUT2D eigenvalue weighted by Crippen LogP contribution is -2.36. The fourth-order valence-corrected chi connectivity index (χ4v) is 5.42. The van der Waals surface area contributed by atoms with Crippen LogP contribution in [0.4, 0.5) is 0 Å². The highest BCUT2D eigenvalue weighted by molar-refractivity contribution is 7.90. The third kappa shape index (κ3) is 3.88. The maximum Gasteiger partial charge on any atom is 0.269 e. The van der Waals surface area contributed by atoms with Crippen molar-refractivity contribution in [1.29, 1.82) is 0 Å². The molecule has 0 aliphatic carbocycles. The van der Waals surface area contributed by atoms with Crippen LogP contribution in [0.15, 0.2) is 53.4 Å². The van der Waals surface area contributed by atoms with Crippen LogP contribution in [0.1, 0.15) is 41.3 Å². The first-order chi connectivity index (χ1) is 14.0. The Morgan fingerprint density at radius 1 is 1.10 bits per heavy atom. The summed E-state index contributed by atoms with van der Waals surface area (Å²) in [6.07, 6.45) is 1.18. The summed E-state index contributed by atoms with van der Waals surface area (Å²) in [5.74, 6) is 0.271. The fourth-order valence-electron chi connectivity index (χ4n) is 3.81. The second-order valence-corrected chi connectivity index (χ2v) is 9.15. The lowest BCUT2D eigenvalue weighted by molar-refractivity contribution is 0.0659. The Morgan fingerprint density at radius 2 is 1.86 bits per heavy atom. The van der Waals surface area contributed by atoms with Gasteiger partial charge in [0.2, 0.25) is 0 Å². The van der Waals surface area contributed by atoms with Gasteiger partial charge < -0.3 is 15.2 Å². The van der Waals surface area contributed by atoms with Gasteiger partial charge in [-0.05, 0) is 37.6 Å². The van der Waals surface area contributed by atoms with Gasteiger partial charge in [0.25, 0.3) is 15.9 Å². The van der Waals surface area contributed by atoms with Crippen molar-refractivity contribution in [2.24, 2.45) is 0 Å². The number of benzene rings is 2. The average molecular weight is 416 g/mol. The number of carbonyl (C=O) groups is 1. The van der Waals surface area contributed by atoms with Crippen LogP contribution in [-0.4, -0.2) is 49.5 Å². The first-order valence-corrected chi connectivity index (χ1v) is 11.2. The number of rotatable bonds is 7. The highest BCUT2D eigenvalue weighted by Gasteiger charge is 2.40. The molecule has 29 heavy (non-hydrogen) atoms. The molecule has 0 fully saturated rings. The van der Waals surface area contributed by atoms with Gasteiger partial charge in [-0.1, -0.05) is 30.3 Å². The summed E-state index contributed by atoms with van der Waals surface area (Å²) >= 11 is 0. The Balaban J connectivity index is 1.21. The molecule has 154 valence electrons. The van der Waals surface area contributed by atoms with Gasteiger partial charge >= 0.3 is 0 Å². The van der Waals surface area contributed by atoms with Crippen LogP contribution >= 0.6 is 0 Å². The molecule has 0 bridgehead atoms. The molecule has 2 aromatic rings. The minimum atomic E-state index is -3.72. The molecule has 8 heteroatoms. The van der Waals surface area contributed by atoms with Crippen LogP contribution in [-0.2, 0) is 10.0 Å². The van der Waals surface area contributed by atoms with E-state index in [4.69, 9.17) is 4.74 Å². The van der Waals surface area contributed by atoms with Crippen molar-refractivity contribution in [2.45, 2.75) is 36.4 Å². The predicted molar refractivity (Wildman–Crippen MR) is 107 cm³/mol. The normalized spacial score (nSPS) is 22.1. The number of para-hydroxylation sites is 1. The number of hydrogen-bond acceptors (Lipinski definition) is 6. The quantitative estimate of drug-likeness (QED) is 0.671. The SMILES string of the molecule is O=C1c2ccccc2S(=O)(=O)N1CCCCNC[C@H]1CC(O)c2ccccc2O1. The van der Waals surface area contributed by atoms with E-state index in [0.717, 1.165) is 22.0 Å². The number of nitrogens with one attached hydrogen (secondary N) is 1. The molecule has 4 rings (SSSR count). The van der Waals surface area contributed by atoms with Gasteiger partial charge in [-0.25, -0.2) is 12.7 Å². The van der Waals surface area contributed by atoms with E-state index in [1.165, 1.54) is 6.07 Å². The zero-order chi connectivity index (χ0) is 20.4. The van der Waals surface area contributed by atoms with Gasteiger partial charge in [0.15, 0.2) is 0 Å². The van der Waals surface area contributed by atoms with Crippen molar-refractivity contribution >= 4 is 15.9 Å². The van der Waals surface area contributed by atoms with Crippen LogP contribution in [0.25, 0.3) is 0 Å². The van der Waals surface area contributed by atoms with E-state index < -0.39 is 22.0 Å². The topological polar surface area (TPSA) is 95.9 Å². The molecule has 2 aromatic carbocycles. The van der Waals surface area contributed by atoms with Gasteiger partial charge in [-0.2, -0.15) is 0 Å². The maximum atomic E-state index is 12.5. The van der Waals surface area contributed by atoms with Gasteiger partial charge in [-0.15, -0.1) is 0 Å². The third-order valence-corrected chi connectivity index (χ3v) is 7.15. The number of ether oxygens (including phenoxy) is 1. The first-order valence-electron chi connectivity index (χ1n) is 9.79. The number of amides is 1. The van der Waals surface area contributed by atoms with E-state index in [2.05, 4.69) is 5.32 Å². The molecule has 1 amide bonds. The molecule has 0 spiro atoms. The number of fused-ring (bicyclic) bond motifs is 2. The third-order valence-electron chi connectivity index (χ3n) is 5.31. The van der Waals surface area contributed by atoms with Crippen LogP contribution in [0.3, 0.4) is 0 Å². The minimum Gasteiger partial charge on any atom is -0.489 e. The van der Waals surface area contributed by atoms with E-state index >= 15 is 0 Å². The van der Waals surface area contributed by atoms with Crippen molar-refractivity contribution in [1.82, 2.24) is 9.62 Å². The summed E-state index contributed by atoms with van der Waals surface area (Å²) in [5, 5.41) is 13.5. The summed E-state index contributed by atoms with van der Waals surface area (Å²) in [5.41, 5.74) is 1.07. The highest BCUT2D eigenvalue weighted by atomic mass is 32.2. The van der Waals surface area contributed by atoms with Crippen LogP contribution < -0.4 is 10.1 Å². The molecule has 2 aliphatic rings. The lowest BCUT2D eigenvalue weighted by Gasteiger charge is -2.29. The van der Waals surface area contributed by atoms with Crippen molar-refractivity contribution in [3.63, 3.8) is 0 Å². The molecule has 2 atom stereocenters. The fraction of sp³-hybridized carbons (Fsp3) is 0.381. The Labute approximate surface area is 170 Å². The van der Waals surface area contributed by atoms with Crippen LogP contribution in [0, 0.1) is 0 Å². The monoisotopic (exact) mass is 416 g/mol. The van der Waals surface area contributed by atoms with Gasteiger partial charge in [-0.3, -0.25) is 4.79 Å². The van der Waals surface area contributed by atoms with E-state index in [0.29, 0.717) is 25.9 Å². The summed E-state index contributed by atoms with van der Waals surface area (Å²) in [4.78, 5) is 12.5. The van der Waals surface area contributed by atoms with E-state index in [-0.39, 0.29) is 23.1 Å². The first kappa shape index (κ1) is 19.9. The molecule has 2 heterocycles. The largest absolute Gasteiger partial charge is 0.489 e. The summed E-state index contributed by atoms with van der Waals surface area (Å²) in [6.45, 7) is 1.44. The molecular formula is C21H24N2O5S. The second-order valence-electron chi connectivity index (χ2n) is 7.32. The van der Waals surface area contributed by atoms with E-state index in [9.17, 15) is 18.3 Å². The van der Waals surface area contributed by atoms with Crippen molar-refractivity contribution in [2.75, 3.05) is 19.6 Å². The Bertz CT molecular complexity index is 1010. The van der Waals surface area contributed by atoms with Crippen molar-refractivity contribution in [3.8, 4) is 5.75 Å².